The van der Waals surface area contributed by atoms with E-state index in [2.05, 4.69) is 57.3 Å². The van der Waals surface area contributed by atoms with E-state index in [4.69, 9.17) is 4.74 Å². The summed E-state index contributed by atoms with van der Waals surface area (Å²) in [5, 5.41) is 3.64. The zero-order valence-electron chi connectivity index (χ0n) is 12.9. The summed E-state index contributed by atoms with van der Waals surface area (Å²) in [4.78, 5) is 0. The number of hydrogen-bond donors (Lipinski definition) is 1. The fourth-order valence-corrected chi connectivity index (χ4v) is 3.47. The van der Waals surface area contributed by atoms with Gasteiger partial charge in [0.05, 0.1) is 6.10 Å². The molecule has 2 heteroatoms. The van der Waals surface area contributed by atoms with Crippen LogP contribution in [0.15, 0.2) is 24.3 Å². The lowest BCUT2D eigenvalue weighted by Crippen LogP contribution is -2.62. The van der Waals surface area contributed by atoms with Gasteiger partial charge >= 0.3 is 0 Å². The summed E-state index contributed by atoms with van der Waals surface area (Å²) in [6, 6.07) is 0. The van der Waals surface area contributed by atoms with Crippen LogP contribution in [0.2, 0.25) is 0 Å². The van der Waals surface area contributed by atoms with E-state index in [0.29, 0.717) is 12.0 Å². The minimum Gasteiger partial charge on any atom is -0.356 e. The van der Waals surface area contributed by atoms with Crippen molar-refractivity contribution in [2.45, 2.75) is 71.2 Å². The van der Waals surface area contributed by atoms with E-state index in [1.54, 1.807) is 0 Å². The topological polar surface area (TPSA) is 21.3 Å². The van der Waals surface area contributed by atoms with Gasteiger partial charge in [-0.15, -0.1) is 0 Å². The molecule has 0 amide bonds. The molecule has 0 spiro atoms. The van der Waals surface area contributed by atoms with Crippen molar-refractivity contribution >= 4 is 0 Å². The second kappa shape index (κ2) is 6.23. The molecule has 2 fully saturated rings. The molecule has 0 aromatic heterocycles. The Kier molecular flexibility index (Phi) is 4.86. The monoisotopic (exact) mass is 263 g/mol. The Balaban J connectivity index is 2.01. The fraction of sp³-hybridized carbons (Fsp3) is 0.765. The molecule has 1 aliphatic carbocycles. The molecule has 0 aromatic carbocycles. The van der Waals surface area contributed by atoms with E-state index in [9.17, 15) is 0 Å². The van der Waals surface area contributed by atoms with Gasteiger partial charge in [0.2, 0.25) is 0 Å². The average molecular weight is 263 g/mol. The number of hydrogen-bond acceptors (Lipinski definition) is 2. The summed E-state index contributed by atoms with van der Waals surface area (Å²) in [6.07, 6.45) is 13.9. The van der Waals surface area contributed by atoms with Gasteiger partial charge in [-0.05, 0) is 45.1 Å². The average Bonchev–Trinajstić information content (AvgIpc) is 2.33. The zero-order valence-corrected chi connectivity index (χ0v) is 12.9. The maximum atomic E-state index is 6.24. The molecular formula is C17H29NO. The smallest absolute Gasteiger partial charge is 0.128 e. The second-order valence-electron chi connectivity index (χ2n) is 6.71. The standard InChI is InChI=1S/C17H29NO/c1-5-6-7-8-9-16-18-17(3,4)14-11-10-13(2)12-15(14)19-16/h6-9,13-16,18H,5,10-12H2,1-4H3/b7-6+,9-8+/t13-,14-,15-,16+/m1/s1. The van der Waals surface area contributed by atoms with Crippen molar-refractivity contribution in [1.29, 1.82) is 0 Å². The highest BCUT2D eigenvalue weighted by molar-refractivity contribution is 5.08. The van der Waals surface area contributed by atoms with Crippen LogP contribution in [0, 0.1) is 11.8 Å². The Morgan fingerprint density at radius 1 is 1.26 bits per heavy atom. The van der Waals surface area contributed by atoms with Crippen molar-refractivity contribution in [3.05, 3.63) is 24.3 Å². The van der Waals surface area contributed by atoms with E-state index in [1.807, 2.05) is 0 Å². The van der Waals surface area contributed by atoms with Crippen molar-refractivity contribution in [2.24, 2.45) is 11.8 Å². The van der Waals surface area contributed by atoms with E-state index in [1.165, 1.54) is 19.3 Å². The number of ether oxygens (including phenoxy) is 1. The van der Waals surface area contributed by atoms with Crippen molar-refractivity contribution in [3.63, 3.8) is 0 Å². The SMILES string of the molecule is CC/C=C/C=C/[C@H]1NC(C)(C)[C@@H]2CC[C@@H](C)C[C@H]2O1. The van der Waals surface area contributed by atoms with Crippen LogP contribution in [0.1, 0.15) is 53.4 Å². The Morgan fingerprint density at radius 3 is 2.79 bits per heavy atom. The summed E-state index contributed by atoms with van der Waals surface area (Å²) in [7, 11) is 0. The minimum absolute atomic E-state index is 0.0584. The van der Waals surface area contributed by atoms with Gasteiger partial charge in [0.25, 0.3) is 0 Å². The van der Waals surface area contributed by atoms with Crippen LogP contribution < -0.4 is 5.32 Å². The van der Waals surface area contributed by atoms with E-state index in [0.717, 1.165) is 12.3 Å². The van der Waals surface area contributed by atoms with E-state index >= 15 is 0 Å². The summed E-state index contributed by atoms with van der Waals surface area (Å²) in [5.41, 5.74) is 0.173. The lowest BCUT2D eigenvalue weighted by atomic mass is 9.70. The normalized spacial score (nSPS) is 38.7. The molecule has 4 atom stereocenters. The predicted molar refractivity (Wildman–Crippen MR) is 81.0 cm³/mol. The fourth-order valence-electron chi connectivity index (χ4n) is 3.47. The van der Waals surface area contributed by atoms with Crippen LogP contribution in [0.25, 0.3) is 0 Å². The van der Waals surface area contributed by atoms with Crippen molar-refractivity contribution in [3.8, 4) is 0 Å². The highest BCUT2D eigenvalue weighted by Gasteiger charge is 2.44. The van der Waals surface area contributed by atoms with E-state index in [-0.39, 0.29) is 11.8 Å². The molecule has 2 aliphatic rings. The van der Waals surface area contributed by atoms with Crippen LogP contribution in [0.3, 0.4) is 0 Å². The van der Waals surface area contributed by atoms with Crippen molar-refractivity contribution < 1.29 is 4.74 Å². The van der Waals surface area contributed by atoms with Crippen molar-refractivity contribution in [2.75, 3.05) is 0 Å². The highest BCUT2D eigenvalue weighted by atomic mass is 16.5. The number of fused-ring (bicyclic) bond motifs is 1. The Morgan fingerprint density at radius 2 is 2.05 bits per heavy atom. The third-order valence-electron chi connectivity index (χ3n) is 4.59. The maximum Gasteiger partial charge on any atom is 0.128 e. The van der Waals surface area contributed by atoms with Gasteiger partial charge in [0.15, 0.2) is 0 Å². The Labute approximate surface area is 118 Å². The van der Waals surface area contributed by atoms with Crippen LogP contribution in [-0.2, 0) is 4.74 Å². The molecule has 1 N–H and O–H groups in total. The first-order valence-electron chi connectivity index (χ1n) is 7.79. The summed E-state index contributed by atoms with van der Waals surface area (Å²) in [6.45, 7) is 9.15. The first-order chi connectivity index (χ1) is 9.03. The summed E-state index contributed by atoms with van der Waals surface area (Å²) in [5.74, 6) is 1.46. The van der Waals surface area contributed by atoms with Gasteiger partial charge in [-0.3, -0.25) is 5.32 Å². The lowest BCUT2D eigenvalue weighted by molar-refractivity contribution is -0.136. The molecule has 0 radical (unpaired) electrons. The van der Waals surface area contributed by atoms with Gasteiger partial charge in [-0.2, -0.15) is 0 Å². The molecule has 1 heterocycles. The van der Waals surface area contributed by atoms with Crippen LogP contribution in [0.5, 0.6) is 0 Å². The quantitative estimate of drug-likeness (QED) is 0.776. The summed E-state index contributed by atoms with van der Waals surface area (Å²) < 4.78 is 6.24. The molecule has 0 unspecified atom stereocenters. The van der Waals surface area contributed by atoms with Crippen LogP contribution in [-0.4, -0.2) is 17.9 Å². The predicted octanol–water partition coefficient (Wildman–Crippen LogP) is 4.04. The lowest BCUT2D eigenvalue weighted by Gasteiger charge is -2.50. The van der Waals surface area contributed by atoms with Gasteiger partial charge in [0.1, 0.15) is 6.23 Å². The molecular weight excluding hydrogens is 234 g/mol. The molecule has 19 heavy (non-hydrogen) atoms. The molecule has 1 aliphatic heterocycles. The number of allylic oxidation sites excluding steroid dienone is 3. The first-order valence-corrected chi connectivity index (χ1v) is 7.79. The van der Waals surface area contributed by atoms with Crippen molar-refractivity contribution in [1.82, 2.24) is 5.32 Å². The highest BCUT2D eigenvalue weighted by Crippen LogP contribution is 2.40. The first kappa shape index (κ1) is 14.8. The Hall–Kier alpha value is -0.600. The van der Waals surface area contributed by atoms with Gasteiger partial charge < -0.3 is 4.74 Å². The van der Waals surface area contributed by atoms with Crippen LogP contribution >= 0.6 is 0 Å². The van der Waals surface area contributed by atoms with E-state index < -0.39 is 0 Å². The molecule has 108 valence electrons. The number of rotatable bonds is 3. The summed E-state index contributed by atoms with van der Waals surface area (Å²) >= 11 is 0. The third kappa shape index (κ3) is 3.70. The Bertz CT molecular complexity index is 345. The zero-order chi connectivity index (χ0) is 13.9. The molecule has 0 bridgehead atoms. The second-order valence-corrected chi connectivity index (χ2v) is 6.71. The maximum absolute atomic E-state index is 6.24. The largest absolute Gasteiger partial charge is 0.356 e. The molecule has 1 saturated heterocycles. The molecule has 1 saturated carbocycles. The van der Waals surface area contributed by atoms with Gasteiger partial charge in [-0.1, -0.05) is 38.5 Å². The number of nitrogens with one attached hydrogen (secondary N) is 1. The third-order valence-corrected chi connectivity index (χ3v) is 4.59. The van der Waals surface area contributed by atoms with Gasteiger partial charge in [-0.25, -0.2) is 0 Å². The van der Waals surface area contributed by atoms with Crippen LogP contribution in [0.4, 0.5) is 0 Å². The molecule has 0 aromatic rings. The molecule has 2 rings (SSSR count). The minimum atomic E-state index is 0.0584. The molecule has 2 nitrogen and oxygen atoms in total. The van der Waals surface area contributed by atoms with Gasteiger partial charge in [0, 0.05) is 11.5 Å².